The Morgan fingerprint density at radius 2 is 1.62 bits per heavy atom. The fourth-order valence-corrected chi connectivity index (χ4v) is 3.71. The van der Waals surface area contributed by atoms with Crippen LogP contribution in [0.3, 0.4) is 0 Å². The summed E-state index contributed by atoms with van der Waals surface area (Å²) in [4.78, 5) is 30.7. The molecule has 0 unspecified atom stereocenters. The van der Waals surface area contributed by atoms with Gasteiger partial charge in [-0.15, -0.1) is 11.3 Å². The van der Waals surface area contributed by atoms with Crippen molar-refractivity contribution in [3.8, 4) is 0 Å². The van der Waals surface area contributed by atoms with Gasteiger partial charge in [-0.05, 0) is 18.6 Å². The Bertz CT molecular complexity index is 571. The Morgan fingerprint density at radius 1 is 1.04 bits per heavy atom. The summed E-state index contributed by atoms with van der Waals surface area (Å²) < 4.78 is 4.92. The molecule has 0 aliphatic carbocycles. The van der Waals surface area contributed by atoms with E-state index in [4.69, 9.17) is 4.74 Å². The van der Waals surface area contributed by atoms with Crippen molar-refractivity contribution >= 4 is 23.2 Å². The van der Waals surface area contributed by atoms with Crippen molar-refractivity contribution in [3.05, 3.63) is 21.9 Å². The van der Waals surface area contributed by atoms with Gasteiger partial charge < -0.3 is 15.4 Å². The number of hydrogen-bond donors (Lipinski definition) is 2. The topological polar surface area (TPSA) is 73.9 Å². The van der Waals surface area contributed by atoms with E-state index < -0.39 is 0 Å². The van der Waals surface area contributed by atoms with E-state index >= 15 is 0 Å². The van der Waals surface area contributed by atoms with Crippen LogP contribution in [0, 0.1) is 0 Å². The van der Waals surface area contributed by atoms with Crippen LogP contribution in [0.2, 0.25) is 0 Å². The summed E-state index contributed by atoms with van der Waals surface area (Å²) in [6, 6.07) is 4.21. The molecule has 1 aliphatic heterocycles. The third-order valence-electron chi connectivity index (χ3n) is 4.35. The van der Waals surface area contributed by atoms with Gasteiger partial charge in [0.1, 0.15) is 0 Å². The summed E-state index contributed by atoms with van der Waals surface area (Å²) in [6.07, 6.45) is 1.04. The maximum absolute atomic E-state index is 12.1. The van der Waals surface area contributed by atoms with E-state index in [0.29, 0.717) is 32.8 Å². The normalized spacial score (nSPS) is 15.8. The van der Waals surface area contributed by atoms with Gasteiger partial charge in [-0.3, -0.25) is 19.4 Å². The lowest BCUT2D eigenvalue weighted by molar-refractivity contribution is -0.125. The van der Waals surface area contributed by atoms with Crippen molar-refractivity contribution in [1.82, 2.24) is 20.4 Å². The summed E-state index contributed by atoms with van der Waals surface area (Å²) in [5.74, 6) is 0.0813. The number of amides is 2. The Labute approximate surface area is 159 Å². The molecule has 2 heterocycles. The fourth-order valence-electron chi connectivity index (χ4n) is 2.81. The van der Waals surface area contributed by atoms with Gasteiger partial charge in [0, 0.05) is 49.6 Å². The van der Waals surface area contributed by atoms with Crippen LogP contribution in [0.15, 0.2) is 12.1 Å². The minimum Gasteiger partial charge on any atom is -0.383 e. The van der Waals surface area contributed by atoms with E-state index in [1.165, 1.54) is 9.75 Å². The SMILES string of the molecule is CCc1ccc(CNC(=O)CN2CCN(CC(=O)NCCOC)CC2)s1. The Kier molecular flexibility index (Phi) is 9.04. The molecular weight excluding hydrogens is 352 g/mol. The Morgan fingerprint density at radius 3 is 2.15 bits per heavy atom. The molecule has 0 atom stereocenters. The first kappa shape index (κ1) is 20.8. The molecule has 1 aliphatic rings. The van der Waals surface area contributed by atoms with Crippen LogP contribution in [-0.2, 0) is 27.3 Å². The summed E-state index contributed by atoms with van der Waals surface area (Å²) in [5, 5.41) is 5.83. The van der Waals surface area contributed by atoms with E-state index in [9.17, 15) is 9.59 Å². The van der Waals surface area contributed by atoms with E-state index in [2.05, 4.69) is 39.5 Å². The molecule has 0 radical (unpaired) electrons. The predicted molar refractivity (Wildman–Crippen MR) is 103 cm³/mol. The van der Waals surface area contributed by atoms with E-state index in [-0.39, 0.29) is 11.8 Å². The zero-order chi connectivity index (χ0) is 18.8. The first-order chi connectivity index (χ1) is 12.6. The van der Waals surface area contributed by atoms with Gasteiger partial charge in [0.25, 0.3) is 0 Å². The molecule has 0 aromatic carbocycles. The molecule has 0 spiro atoms. The van der Waals surface area contributed by atoms with Crippen LogP contribution in [0.5, 0.6) is 0 Å². The van der Waals surface area contributed by atoms with Gasteiger partial charge in [0.05, 0.1) is 26.2 Å². The minimum atomic E-state index is 0.0237. The second-order valence-corrected chi connectivity index (χ2v) is 7.65. The quantitative estimate of drug-likeness (QED) is 0.570. The predicted octanol–water partition coefficient (Wildman–Crippen LogP) is 0.307. The third kappa shape index (κ3) is 7.41. The molecule has 1 saturated heterocycles. The molecule has 7 nitrogen and oxygen atoms in total. The first-order valence-electron chi connectivity index (χ1n) is 9.15. The van der Waals surface area contributed by atoms with Crippen molar-refractivity contribution in [1.29, 1.82) is 0 Å². The highest BCUT2D eigenvalue weighted by atomic mass is 32.1. The second kappa shape index (κ2) is 11.3. The van der Waals surface area contributed by atoms with Gasteiger partial charge in [0.2, 0.25) is 11.8 Å². The molecule has 1 aromatic heterocycles. The summed E-state index contributed by atoms with van der Waals surface area (Å²) in [6.45, 7) is 7.84. The maximum Gasteiger partial charge on any atom is 0.234 e. The van der Waals surface area contributed by atoms with Crippen molar-refractivity contribution in [2.45, 2.75) is 19.9 Å². The number of thiophene rings is 1. The smallest absolute Gasteiger partial charge is 0.234 e. The van der Waals surface area contributed by atoms with Crippen molar-refractivity contribution in [2.75, 3.05) is 59.5 Å². The highest BCUT2D eigenvalue weighted by Crippen LogP contribution is 2.16. The molecule has 0 bridgehead atoms. The molecule has 146 valence electrons. The van der Waals surface area contributed by atoms with Crippen molar-refractivity contribution in [2.24, 2.45) is 0 Å². The number of rotatable bonds is 10. The number of methoxy groups -OCH3 is 1. The minimum absolute atomic E-state index is 0.0237. The zero-order valence-electron chi connectivity index (χ0n) is 15.8. The molecule has 2 rings (SSSR count). The molecule has 1 fully saturated rings. The zero-order valence-corrected chi connectivity index (χ0v) is 16.6. The monoisotopic (exact) mass is 382 g/mol. The third-order valence-corrected chi connectivity index (χ3v) is 5.58. The van der Waals surface area contributed by atoms with Gasteiger partial charge in [-0.2, -0.15) is 0 Å². The Balaban J connectivity index is 1.60. The van der Waals surface area contributed by atoms with E-state index in [1.54, 1.807) is 18.4 Å². The number of hydrogen-bond acceptors (Lipinski definition) is 6. The lowest BCUT2D eigenvalue weighted by Crippen LogP contribution is -2.51. The highest BCUT2D eigenvalue weighted by Gasteiger charge is 2.20. The lowest BCUT2D eigenvalue weighted by Gasteiger charge is -2.33. The van der Waals surface area contributed by atoms with Crippen LogP contribution < -0.4 is 10.6 Å². The largest absolute Gasteiger partial charge is 0.383 e. The van der Waals surface area contributed by atoms with E-state index in [1.807, 2.05) is 0 Å². The van der Waals surface area contributed by atoms with Gasteiger partial charge in [-0.25, -0.2) is 0 Å². The number of nitrogens with one attached hydrogen (secondary N) is 2. The molecule has 8 heteroatoms. The number of piperazine rings is 1. The number of aryl methyl sites for hydroxylation is 1. The van der Waals surface area contributed by atoms with Gasteiger partial charge in [-0.1, -0.05) is 6.92 Å². The van der Waals surface area contributed by atoms with Crippen LogP contribution in [0.4, 0.5) is 0 Å². The Hall–Kier alpha value is -1.48. The summed E-state index contributed by atoms with van der Waals surface area (Å²) >= 11 is 1.75. The molecule has 2 N–H and O–H groups in total. The highest BCUT2D eigenvalue weighted by molar-refractivity contribution is 7.11. The number of nitrogens with zero attached hydrogens (tertiary/aromatic N) is 2. The lowest BCUT2D eigenvalue weighted by atomic mass is 10.3. The average molecular weight is 383 g/mol. The number of carbonyl (C=O) groups is 2. The van der Waals surface area contributed by atoms with Crippen LogP contribution >= 0.6 is 11.3 Å². The maximum atomic E-state index is 12.1. The summed E-state index contributed by atoms with van der Waals surface area (Å²) in [5.41, 5.74) is 0. The standard InChI is InChI=1S/C18H30N4O3S/c1-3-15-4-5-16(26-15)12-20-18(24)14-22-9-7-21(8-10-22)13-17(23)19-6-11-25-2/h4-5H,3,6-14H2,1-2H3,(H,19,23)(H,20,24). The molecular formula is C18H30N4O3S. The number of ether oxygens (including phenoxy) is 1. The van der Waals surface area contributed by atoms with Crippen molar-refractivity contribution < 1.29 is 14.3 Å². The van der Waals surface area contributed by atoms with Crippen LogP contribution in [-0.4, -0.2) is 81.1 Å². The number of carbonyl (C=O) groups excluding carboxylic acids is 2. The molecule has 2 amide bonds. The molecule has 26 heavy (non-hydrogen) atoms. The first-order valence-corrected chi connectivity index (χ1v) is 9.97. The average Bonchev–Trinajstić information content (AvgIpc) is 3.10. The fraction of sp³-hybridized carbons (Fsp3) is 0.667. The van der Waals surface area contributed by atoms with Gasteiger partial charge >= 0.3 is 0 Å². The van der Waals surface area contributed by atoms with Crippen molar-refractivity contribution in [3.63, 3.8) is 0 Å². The van der Waals surface area contributed by atoms with Gasteiger partial charge in [0.15, 0.2) is 0 Å². The second-order valence-electron chi connectivity index (χ2n) is 6.39. The van der Waals surface area contributed by atoms with E-state index in [0.717, 1.165) is 32.6 Å². The summed E-state index contributed by atoms with van der Waals surface area (Å²) in [7, 11) is 1.62. The van der Waals surface area contributed by atoms with Crippen LogP contribution in [0.25, 0.3) is 0 Å². The molecule has 1 aromatic rings. The van der Waals surface area contributed by atoms with Crippen LogP contribution in [0.1, 0.15) is 16.7 Å². The molecule has 0 saturated carbocycles.